The van der Waals surface area contributed by atoms with Gasteiger partial charge in [0.1, 0.15) is 0 Å². The summed E-state index contributed by atoms with van der Waals surface area (Å²) in [5, 5.41) is 16.0. The Morgan fingerprint density at radius 3 is 2.12 bits per heavy atom. The van der Waals surface area contributed by atoms with Crippen LogP contribution in [0, 0.1) is 0 Å². The minimum Gasteiger partial charge on any atom is -0.370 e. The van der Waals surface area contributed by atoms with Crippen LogP contribution in [0.5, 0.6) is 0 Å². The molecule has 2 aliphatic heterocycles. The molecule has 1 aromatic heterocycles. The Labute approximate surface area is 194 Å². The van der Waals surface area contributed by atoms with Crippen LogP contribution in [0.3, 0.4) is 0 Å². The van der Waals surface area contributed by atoms with E-state index in [1.54, 1.807) is 4.80 Å². The maximum absolute atomic E-state index is 12.9. The molecule has 33 heavy (non-hydrogen) atoms. The first kappa shape index (κ1) is 21.4. The lowest BCUT2D eigenvalue weighted by Crippen LogP contribution is -2.25. The summed E-state index contributed by atoms with van der Waals surface area (Å²) < 4.78 is 0. The fraction of sp³-hybridized carbons (Fsp3) is 0.440. The van der Waals surface area contributed by atoms with Gasteiger partial charge in [-0.3, -0.25) is 4.79 Å². The standard InChI is InChI=1S/C25H31N7O/c33-23(14-9-19-32-28-25(27-29-32)20-10-2-1-3-11-20)26-24-21(30-15-4-5-16-30)12-8-13-22(24)31-17-6-7-18-31/h1-3,8,10-13H,4-7,9,14-19H2,(H,26,33). The second kappa shape index (κ2) is 10.0. The summed E-state index contributed by atoms with van der Waals surface area (Å²) in [5.41, 5.74) is 4.21. The molecular weight excluding hydrogens is 414 g/mol. The zero-order valence-electron chi connectivity index (χ0n) is 19.0. The van der Waals surface area contributed by atoms with E-state index < -0.39 is 0 Å². The maximum Gasteiger partial charge on any atom is 0.224 e. The highest BCUT2D eigenvalue weighted by molar-refractivity contribution is 5.99. The van der Waals surface area contributed by atoms with Crippen molar-refractivity contribution in [3.63, 3.8) is 0 Å². The van der Waals surface area contributed by atoms with Crippen molar-refractivity contribution in [2.75, 3.05) is 41.3 Å². The van der Waals surface area contributed by atoms with E-state index in [4.69, 9.17) is 0 Å². The van der Waals surface area contributed by atoms with Gasteiger partial charge in [-0.25, -0.2) is 0 Å². The van der Waals surface area contributed by atoms with Crippen LogP contribution in [-0.2, 0) is 11.3 Å². The number of carbonyl (C=O) groups is 1. The van der Waals surface area contributed by atoms with Crippen molar-refractivity contribution in [3.8, 4) is 11.4 Å². The number of tetrazole rings is 1. The average molecular weight is 446 g/mol. The second-order valence-corrected chi connectivity index (χ2v) is 8.79. The molecule has 0 aliphatic carbocycles. The zero-order chi connectivity index (χ0) is 22.5. The summed E-state index contributed by atoms with van der Waals surface area (Å²) in [5.74, 6) is 0.639. The van der Waals surface area contributed by atoms with Gasteiger partial charge in [-0.15, -0.1) is 10.2 Å². The van der Waals surface area contributed by atoms with Crippen LogP contribution in [0.25, 0.3) is 11.4 Å². The fourth-order valence-corrected chi connectivity index (χ4v) is 4.72. The molecule has 1 amide bonds. The minimum absolute atomic E-state index is 0.0329. The van der Waals surface area contributed by atoms with E-state index in [-0.39, 0.29) is 5.91 Å². The monoisotopic (exact) mass is 445 g/mol. The molecule has 8 nitrogen and oxygen atoms in total. The molecule has 0 bridgehead atoms. The largest absolute Gasteiger partial charge is 0.370 e. The second-order valence-electron chi connectivity index (χ2n) is 8.79. The van der Waals surface area contributed by atoms with Crippen molar-refractivity contribution in [3.05, 3.63) is 48.5 Å². The Hall–Kier alpha value is -3.42. The molecule has 0 spiro atoms. The van der Waals surface area contributed by atoms with Crippen molar-refractivity contribution in [2.24, 2.45) is 0 Å². The van der Waals surface area contributed by atoms with Gasteiger partial charge in [-0.05, 0) is 49.5 Å². The highest BCUT2D eigenvalue weighted by atomic mass is 16.1. The third-order valence-corrected chi connectivity index (χ3v) is 6.43. The molecule has 0 atom stereocenters. The van der Waals surface area contributed by atoms with Crippen LogP contribution >= 0.6 is 0 Å². The van der Waals surface area contributed by atoms with Gasteiger partial charge in [0.25, 0.3) is 0 Å². The number of hydrogen-bond donors (Lipinski definition) is 1. The molecule has 0 saturated carbocycles. The molecule has 2 fully saturated rings. The summed E-state index contributed by atoms with van der Waals surface area (Å²) in [6, 6.07) is 16.2. The Bertz CT molecular complexity index is 1040. The van der Waals surface area contributed by atoms with Crippen molar-refractivity contribution < 1.29 is 4.79 Å². The topological polar surface area (TPSA) is 79.2 Å². The number of carbonyl (C=O) groups excluding carboxylic acids is 1. The number of para-hydroxylation sites is 1. The van der Waals surface area contributed by atoms with Gasteiger partial charge in [0, 0.05) is 38.2 Å². The van der Waals surface area contributed by atoms with Gasteiger partial charge in [-0.1, -0.05) is 36.4 Å². The van der Waals surface area contributed by atoms with Crippen molar-refractivity contribution in [1.82, 2.24) is 20.2 Å². The van der Waals surface area contributed by atoms with E-state index in [0.717, 1.165) is 48.8 Å². The molecule has 8 heteroatoms. The lowest BCUT2D eigenvalue weighted by atomic mass is 10.1. The van der Waals surface area contributed by atoms with Crippen LogP contribution in [0.4, 0.5) is 17.1 Å². The molecule has 2 aromatic carbocycles. The van der Waals surface area contributed by atoms with Gasteiger partial charge in [0.2, 0.25) is 11.7 Å². The highest BCUT2D eigenvalue weighted by Crippen LogP contribution is 2.38. The first-order chi connectivity index (χ1) is 16.3. The summed E-state index contributed by atoms with van der Waals surface area (Å²) in [7, 11) is 0. The lowest BCUT2D eigenvalue weighted by molar-refractivity contribution is -0.116. The smallest absolute Gasteiger partial charge is 0.224 e. The molecule has 2 aliphatic rings. The molecule has 0 unspecified atom stereocenters. The number of aryl methyl sites for hydroxylation is 1. The Balaban J connectivity index is 1.23. The van der Waals surface area contributed by atoms with E-state index in [1.807, 2.05) is 30.3 Å². The number of amides is 1. The number of benzene rings is 2. The molecule has 172 valence electrons. The van der Waals surface area contributed by atoms with E-state index in [0.29, 0.717) is 25.2 Å². The predicted octanol–water partition coefficient (Wildman–Crippen LogP) is 3.96. The molecular formula is C25H31N7O. The van der Waals surface area contributed by atoms with E-state index in [9.17, 15) is 4.79 Å². The number of rotatable bonds is 8. The third kappa shape index (κ3) is 4.99. The zero-order valence-corrected chi connectivity index (χ0v) is 19.0. The lowest BCUT2D eigenvalue weighted by Gasteiger charge is -2.28. The number of anilines is 3. The number of nitrogens with one attached hydrogen (secondary N) is 1. The van der Waals surface area contributed by atoms with Crippen molar-refractivity contribution in [2.45, 2.75) is 45.1 Å². The van der Waals surface area contributed by atoms with E-state index in [2.05, 4.69) is 48.7 Å². The van der Waals surface area contributed by atoms with Gasteiger partial charge in [0.05, 0.1) is 23.6 Å². The third-order valence-electron chi connectivity index (χ3n) is 6.43. The van der Waals surface area contributed by atoms with Crippen molar-refractivity contribution >= 4 is 23.0 Å². The quantitative estimate of drug-likeness (QED) is 0.565. The van der Waals surface area contributed by atoms with Gasteiger partial charge < -0.3 is 15.1 Å². The molecule has 0 radical (unpaired) electrons. The summed E-state index contributed by atoms with van der Waals surface area (Å²) in [6.07, 6.45) is 5.89. The molecule has 5 rings (SSSR count). The van der Waals surface area contributed by atoms with Crippen molar-refractivity contribution in [1.29, 1.82) is 0 Å². The number of aromatic nitrogens is 4. The molecule has 3 heterocycles. The van der Waals surface area contributed by atoms with Gasteiger partial charge in [-0.2, -0.15) is 4.80 Å². The fourth-order valence-electron chi connectivity index (χ4n) is 4.72. The number of hydrogen-bond acceptors (Lipinski definition) is 6. The SMILES string of the molecule is O=C(CCCn1nnc(-c2ccccc2)n1)Nc1c(N2CCCC2)cccc1N1CCCC1. The highest BCUT2D eigenvalue weighted by Gasteiger charge is 2.23. The Morgan fingerprint density at radius 1 is 0.848 bits per heavy atom. The molecule has 3 aromatic rings. The summed E-state index contributed by atoms with van der Waals surface area (Å²) >= 11 is 0. The molecule has 2 saturated heterocycles. The van der Waals surface area contributed by atoms with E-state index >= 15 is 0 Å². The predicted molar refractivity (Wildman–Crippen MR) is 130 cm³/mol. The number of nitrogens with zero attached hydrogens (tertiary/aromatic N) is 6. The first-order valence-electron chi connectivity index (χ1n) is 12.0. The van der Waals surface area contributed by atoms with Crippen LogP contribution in [0.2, 0.25) is 0 Å². The van der Waals surface area contributed by atoms with Crippen LogP contribution in [0.15, 0.2) is 48.5 Å². The average Bonchev–Trinajstić information content (AvgIpc) is 3.63. The van der Waals surface area contributed by atoms with Crippen LogP contribution < -0.4 is 15.1 Å². The normalized spacial score (nSPS) is 15.9. The minimum atomic E-state index is 0.0329. The summed E-state index contributed by atoms with van der Waals surface area (Å²) in [4.78, 5) is 19.3. The first-order valence-corrected chi connectivity index (χ1v) is 12.0. The van der Waals surface area contributed by atoms with Crippen LogP contribution in [-0.4, -0.2) is 52.3 Å². The Kier molecular flexibility index (Phi) is 6.51. The molecule has 1 N–H and O–H groups in total. The van der Waals surface area contributed by atoms with Gasteiger partial charge >= 0.3 is 0 Å². The summed E-state index contributed by atoms with van der Waals surface area (Å²) in [6.45, 7) is 4.75. The van der Waals surface area contributed by atoms with E-state index in [1.165, 1.54) is 25.7 Å². The van der Waals surface area contributed by atoms with Gasteiger partial charge in [0.15, 0.2) is 0 Å². The van der Waals surface area contributed by atoms with Crippen LogP contribution in [0.1, 0.15) is 38.5 Å². The maximum atomic E-state index is 12.9. The Morgan fingerprint density at radius 2 is 1.48 bits per heavy atom.